The van der Waals surface area contributed by atoms with Gasteiger partial charge in [0.15, 0.2) is 5.16 Å². The second kappa shape index (κ2) is 8.21. The molecule has 0 spiro atoms. The van der Waals surface area contributed by atoms with Crippen molar-refractivity contribution in [2.24, 2.45) is 0 Å². The number of para-hydroxylation sites is 1. The lowest BCUT2D eigenvalue weighted by molar-refractivity contribution is 0.414. The fourth-order valence-corrected chi connectivity index (χ4v) is 4.60. The number of hydrogen-bond donors (Lipinski definition) is 0. The highest BCUT2D eigenvalue weighted by molar-refractivity contribution is 7.98. The average Bonchev–Trinajstić information content (AvgIpc) is 3.27. The molecule has 0 amide bonds. The average molecular weight is 440 g/mol. The summed E-state index contributed by atoms with van der Waals surface area (Å²) in [6.45, 7) is 0. The molecular weight excluding hydrogens is 422 g/mol. The summed E-state index contributed by atoms with van der Waals surface area (Å²) in [4.78, 5) is 13.4. The molecule has 32 heavy (non-hydrogen) atoms. The summed E-state index contributed by atoms with van der Waals surface area (Å²) in [5, 5.41) is 19.3. The predicted molar refractivity (Wildman–Crippen MR) is 123 cm³/mol. The fourth-order valence-electron chi connectivity index (χ4n) is 3.65. The van der Waals surface area contributed by atoms with Crippen LogP contribution in [0.2, 0.25) is 0 Å². The first-order valence-corrected chi connectivity index (χ1v) is 10.8. The molecular formula is C24H17N5O2S. The number of methoxy groups -OCH3 is 1. The summed E-state index contributed by atoms with van der Waals surface area (Å²) < 4.78 is 8.77. The maximum absolute atomic E-state index is 13.4. The molecule has 2 heterocycles. The molecule has 0 fully saturated rings. The van der Waals surface area contributed by atoms with E-state index < -0.39 is 0 Å². The quantitative estimate of drug-likeness (QED) is 0.382. The molecule has 0 unspecified atom stereocenters. The van der Waals surface area contributed by atoms with Gasteiger partial charge in [-0.1, -0.05) is 48.2 Å². The van der Waals surface area contributed by atoms with Crippen LogP contribution in [0, 0.1) is 11.3 Å². The van der Waals surface area contributed by atoms with Crippen molar-refractivity contribution in [3.8, 4) is 17.5 Å². The Kier molecular flexibility index (Phi) is 5.09. The molecule has 0 aliphatic carbocycles. The number of nitriles is 1. The van der Waals surface area contributed by atoms with Crippen molar-refractivity contribution in [2.45, 2.75) is 10.9 Å². The van der Waals surface area contributed by atoms with Crippen molar-refractivity contribution in [3.05, 3.63) is 94.3 Å². The lowest BCUT2D eigenvalue weighted by atomic mass is 10.1. The zero-order valence-corrected chi connectivity index (χ0v) is 17.9. The normalized spacial score (nSPS) is 11.0. The first kappa shape index (κ1) is 19.8. The molecule has 0 bridgehead atoms. The second-order valence-electron chi connectivity index (χ2n) is 7.03. The van der Waals surface area contributed by atoms with E-state index in [4.69, 9.17) is 4.74 Å². The van der Waals surface area contributed by atoms with E-state index in [1.165, 1.54) is 11.8 Å². The summed E-state index contributed by atoms with van der Waals surface area (Å²) >= 11 is 1.47. The molecule has 3 aromatic carbocycles. The lowest BCUT2D eigenvalue weighted by Gasteiger charge is -2.12. The van der Waals surface area contributed by atoms with Crippen LogP contribution in [0.5, 0.6) is 5.75 Å². The SMILES string of the molecule is COc1cccc(-n2c(=O)c3ccccc3n3c(SCc4ccccc4C#N)nnc23)c1. The highest BCUT2D eigenvalue weighted by atomic mass is 32.2. The minimum Gasteiger partial charge on any atom is -0.497 e. The van der Waals surface area contributed by atoms with Gasteiger partial charge in [0.25, 0.3) is 5.56 Å². The van der Waals surface area contributed by atoms with Gasteiger partial charge < -0.3 is 4.74 Å². The zero-order chi connectivity index (χ0) is 22.1. The maximum Gasteiger partial charge on any atom is 0.267 e. The van der Waals surface area contributed by atoms with Crippen LogP contribution < -0.4 is 10.3 Å². The van der Waals surface area contributed by atoms with Gasteiger partial charge in [-0.2, -0.15) is 5.26 Å². The van der Waals surface area contributed by atoms with E-state index in [2.05, 4.69) is 16.3 Å². The van der Waals surface area contributed by atoms with Crippen LogP contribution in [0.1, 0.15) is 11.1 Å². The number of ether oxygens (including phenoxy) is 1. The molecule has 0 saturated heterocycles. The molecule has 5 aromatic rings. The topological polar surface area (TPSA) is 85.2 Å². The van der Waals surface area contributed by atoms with Gasteiger partial charge in [-0.05, 0) is 35.9 Å². The molecule has 8 heteroatoms. The molecule has 0 aliphatic rings. The van der Waals surface area contributed by atoms with Crippen molar-refractivity contribution < 1.29 is 4.74 Å². The molecule has 2 aromatic heterocycles. The van der Waals surface area contributed by atoms with Gasteiger partial charge in [-0.15, -0.1) is 10.2 Å². The molecule has 0 N–H and O–H groups in total. The van der Waals surface area contributed by atoms with E-state index in [0.717, 1.165) is 11.1 Å². The molecule has 7 nitrogen and oxygen atoms in total. The summed E-state index contributed by atoms with van der Waals surface area (Å²) in [7, 11) is 1.59. The molecule has 0 radical (unpaired) electrons. The summed E-state index contributed by atoms with van der Waals surface area (Å²) in [5.74, 6) is 1.61. The van der Waals surface area contributed by atoms with Crippen LogP contribution in [-0.2, 0) is 5.75 Å². The third-order valence-corrected chi connectivity index (χ3v) is 6.18. The number of hydrogen-bond acceptors (Lipinski definition) is 6. The van der Waals surface area contributed by atoms with E-state index in [1.54, 1.807) is 29.9 Å². The number of aromatic nitrogens is 4. The summed E-state index contributed by atoms with van der Waals surface area (Å²) in [6, 6.07) is 24.4. The van der Waals surface area contributed by atoms with Gasteiger partial charge in [0.1, 0.15) is 5.75 Å². The van der Waals surface area contributed by atoms with Gasteiger partial charge in [0.05, 0.1) is 35.3 Å². The lowest BCUT2D eigenvalue weighted by Crippen LogP contribution is -2.21. The summed E-state index contributed by atoms with van der Waals surface area (Å²) in [6.07, 6.45) is 0. The Labute approximate surface area is 187 Å². The summed E-state index contributed by atoms with van der Waals surface area (Å²) in [5.41, 5.74) is 2.74. The number of nitrogens with zero attached hydrogens (tertiary/aromatic N) is 5. The number of rotatable bonds is 5. The van der Waals surface area contributed by atoms with Crippen LogP contribution >= 0.6 is 11.8 Å². The smallest absolute Gasteiger partial charge is 0.267 e. The van der Waals surface area contributed by atoms with E-state index in [1.807, 2.05) is 59.0 Å². The fraction of sp³-hybridized carbons (Fsp3) is 0.0833. The number of benzene rings is 3. The van der Waals surface area contributed by atoms with Crippen LogP contribution in [0.4, 0.5) is 0 Å². The number of fused-ring (bicyclic) bond motifs is 3. The van der Waals surface area contributed by atoms with Crippen molar-refractivity contribution in [2.75, 3.05) is 7.11 Å². The van der Waals surface area contributed by atoms with E-state index in [-0.39, 0.29) is 5.56 Å². The molecule has 0 aliphatic heterocycles. The van der Waals surface area contributed by atoms with Crippen LogP contribution in [0.25, 0.3) is 22.4 Å². The highest BCUT2D eigenvalue weighted by Gasteiger charge is 2.18. The monoisotopic (exact) mass is 439 g/mol. The largest absolute Gasteiger partial charge is 0.497 e. The molecule has 5 rings (SSSR count). The minimum absolute atomic E-state index is 0.180. The Morgan fingerprint density at radius 3 is 2.69 bits per heavy atom. The van der Waals surface area contributed by atoms with E-state index >= 15 is 0 Å². The first-order valence-electron chi connectivity index (χ1n) is 9.85. The third kappa shape index (κ3) is 3.29. The van der Waals surface area contributed by atoms with Crippen molar-refractivity contribution in [3.63, 3.8) is 0 Å². The Morgan fingerprint density at radius 2 is 1.84 bits per heavy atom. The van der Waals surface area contributed by atoms with Crippen molar-refractivity contribution in [1.82, 2.24) is 19.2 Å². The Bertz CT molecular complexity index is 1560. The predicted octanol–water partition coefficient (Wildman–Crippen LogP) is 4.21. The third-order valence-electron chi connectivity index (χ3n) is 5.20. The Hall–Kier alpha value is -4.09. The van der Waals surface area contributed by atoms with Crippen LogP contribution in [0.3, 0.4) is 0 Å². The van der Waals surface area contributed by atoms with Crippen LogP contribution in [-0.4, -0.2) is 26.3 Å². The number of thioether (sulfide) groups is 1. The molecule has 156 valence electrons. The van der Waals surface area contributed by atoms with Gasteiger partial charge in [-0.3, -0.25) is 9.20 Å². The van der Waals surface area contributed by atoms with Gasteiger partial charge >= 0.3 is 0 Å². The van der Waals surface area contributed by atoms with Gasteiger partial charge in [-0.25, -0.2) is 4.57 Å². The molecule has 0 atom stereocenters. The first-order chi connectivity index (χ1) is 15.7. The second-order valence-corrected chi connectivity index (χ2v) is 7.98. The Balaban J connectivity index is 1.71. The van der Waals surface area contributed by atoms with E-state index in [0.29, 0.717) is 39.1 Å². The van der Waals surface area contributed by atoms with Gasteiger partial charge in [0.2, 0.25) is 5.78 Å². The zero-order valence-electron chi connectivity index (χ0n) is 17.1. The van der Waals surface area contributed by atoms with Crippen LogP contribution in [0.15, 0.2) is 82.7 Å². The standard InChI is InChI=1S/C24H17N5O2S/c1-31-19-10-6-9-18(13-19)28-22(30)20-11-4-5-12-21(20)29-23(28)26-27-24(29)32-15-17-8-3-2-7-16(17)14-25/h2-13H,15H2,1H3. The van der Waals surface area contributed by atoms with Gasteiger partial charge in [0, 0.05) is 11.8 Å². The highest BCUT2D eigenvalue weighted by Crippen LogP contribution is 2.27. The van der Waals surface area contributed by atoms with Crippen molar-refractivity contribution >= 4 is 28.4 Å². The molecule has 0 saturated carbocycles. The van der Waals surface area contributed by atoms with Crippen molar-refractivity contribution in [1.29, 1.82) is 5.26 Å². The minimum atomic E-state index is -0.180. The Morgan fingerprint density at radius 1 is 1.03 bits per heavy atom. The maximum atomic E-state index is 13.4. The van der Waals surface area contributed by atoms with E-state index in [9.17, 15) is 10.1 Å².